The monoisotopic (exact) mass is 227 g/mol. The van der Waals surface area contributed by atoms with Gasteiger partial charge in [-0.1, -0.05) is 39.0 Å². The second kappa shape index (κ2) is 7.66. The molecule has 0 aromatic heterocycles. The number of carbonyl (C=O) groups is 1. The molecule has 0 bridgehead atoms. The van der Waals surface area contributed by atoms with Gasteiger partial charge in [-0.3, -0.25) is 9.69 Å². The van der Waals surface area contributed by atoms with Crippen molar-refractivity contribution in [2.24, 2.45) is 0 Å². The molecular formula is C13H25NO2. The fraction of sp³-hybridized carbons (Fsp3) is 0.923. The Bertz CT molecular complexity index is 206. The first-order chi connectivity index (χ1) is 7.75. The molecule has 0 aromatic rings. The van der Waals surface area contributed by atoms with Gasteiger partial charge in [0.15, 0.2) is 0 Å². The number of hydrogen-bond donors (Lipinski definition) is 1. The van der Waals surface area contributed by atoms with E-state index in [2.05, 4.69) is 11.8 Å². The molecule has 0 aromatic carbocycles. The molecule has 94 valence electrons. The van der Waals surface area contributed by atoms with Crippen LogP contribution in [0, 0.1) is 0 Å². The van der Waals surface area contributed by atoms with Crippen LogP contribution in [0.3, 0.4) is 0 Å². The smallest absolute Gasteiger partial charge is 0.320 e. The van der Waals surface area contributed by atoms with Gasteiger partial charge in [0.05, 0.1) is 0 Å². The molecule has 1 atom stereocenters. The summed E-state index contributed by atoms with van der Waals surface area (Å²) in [6, 6.07) is -0.208. The lowest BCUT2D eigenvalue weighted by atomic mass is 10.0. The van der Waals surface area contributed by atoms with Gasteiger partial charge in [0.25, 0.3) is 0 Å². The zero-order chi connectivity index (χ0) is 11.8. The van der Waals surface area contributed by atoms with Gasteiger partial charge >= 0.3 is 5.97 Å². The fourth-order valence-electron chi connectivity index (χ4n) is 2.46. The third-order valence-corrected chi connectivity index (χ3v) is 3.45. The number of piperidine rings is 1. The molecule has 0 aliphatic carbocycles. The minimum Gasteiger partial charge on any atom is -0.480 e. The van der Waals surface area contributed by atoms with Gasteiger partial charge in [0.1, 0.15) is 6.04 Å². The molecule has 1 heterocycles. The van der Waals surface area contributed by atoms with E-state index in [9.17, 15) is 4.79 Å². The van der Waals surface area contributed by atoms with Crippen molar-refractivity contribution < 1.29 is 9.90 Å². The molecule has 1 aliphatic rings. The maximum Gasteiger partial charge on any atom is 0.320 e. The van der Waals surface area contributed by atoms with Gasteiger partial charge in [0, 0.05) is 0 Å². The van der Waals surface area contributed by atoms with E-state index < -0.39 is 5.97 Å². The zero-order valence-corrected chi connectivity index (χ0v) is 10.5. The fourth-order valence-corrected chi connectivity index (χ4v) is 2.46. The number of carboxylic acids is 1. The number of rotatable bonds is 7. The van der Waals surface area contributed by atoms with Crippen molar-refractivity contribution in [3.8, 4) is 0 Å². The Balaban J connectivity index is 2.19. The van der Waals surface area contributed by atoms with E-state index in [1.807, 2.05) is 0 Å². The van der Waals surface area contributed by atoms with Crippen molar-refractivity contribution >= 4 is 5.97 Å². The van der Waals surface area contributed by atoms with Gasteiger partial charge in [-0.2, -0.15) is 0 Å². The summed E-state index contributed by atoms with van der Waals surface area (Å²) in [5, 5.41) is 9.11. The molecule has 0 unspecified atom stereocenters. The third kappa shape index (κ3) is 4.52. The van der Waals surface area contributed by atoms with E-state index in [0.29, 0.717) is 0 Å². The number of carboxylic acid groups (broad SMARTS) is 1. The van der Waals surface area contributed by atoms with Crippen LogP contribution in [0.15, 0.2) is 0 Å². The topological polar surface area (TPSA) is 40.5 Å². The summed E-state index contributed by atoms with van der Waals surface area (Å²) in [5.41, 5.74) is 0. The zero-order valence-electron chi connectivity index (χ0n) is 10.5. The quantitative estimate of drug-likeness (QED) is 0.680. The third-order valence-electron chi connectivity index (χ3n) is 3.45. The second-order valence-electron chi connectivity index (χ2n) is 4.80. The lowest BCUT2D eigenvalue weighted by molar-refractivity contribution is -0.144. The highest BCUT2D eigenvalue weighted by Crippen LogP contribution is 2.18. The van der Waals surface area contributed by atoms with Gasteiger partial charge in [-0.25, -0.2) is 0 Å². The lowest BCUT2D eigenvalue weighted by Gasteiger charge is -2.32. The van der Waals surface area contributed by atoms with Crippen LogP contribution < -0.4 is 0 Å². The van der Waals surface area contributed by atoms with E-state index in [4.69, 9.17) is 5.11 Å². The van der Waals surface area contributed by atoms with Crippen LogP contribution >= 0.6 is 0 Å². The highest BCUT2D eigenvalue weighted by atomic mass is 16.4. The number of nitrogens with zero attached hydrogens (tertiary/aromatic N) is 1. The lowest BCUT2D eigenvalue weighted by Crippen LogP contribution is -2.44. The molecular weight excluding hydrogens is 202 g/mol. The molecule has 0 radical (unpaired) electrons. The molecule has 1 aliphatic heterocycles. The minimum absolute atomic E-state index is 0.208. The Hall–Kier alpha value is -0.570. The predicted molar refractivity (Wildman–Crippen MR) is 65.6 cm³/mol. The molecule has 3 heteroatoms. The van der Waals surface area contributed by atoms with E-state index in [1.54, 1.807) is 0 Å². The first-order valence-corrected chi connectivity index (χ1v) is 6.72. The van der Waals surface area contributed by atoms with Gasteiger partial charge in [-0.05, 0) is 32.4 Å². The molecule has 0 spiro atoms. The maximum absolute atomic E-state index is 11.1. The molecule has 1 saturated heterocycles. The number of likely N-dealkylation sites (tertiary alicyclic amines) is 1. The van der Waals surface area contributed by atoms with Crippen molar-refractivity contribution in [2.75, 3.05) is 13.1 Å². The largest absolute Gasteiger partial charge is 0.480 e. The summed E-state index contributed by atoms with van der Waals surface area (Å²) >= 11 is 0. The number of unbranched alkanes of at least 4 members (excludes halogenated alkanes) is 4. The summed E-state index contributed by atoms with van der Waals surface area (Å²) in [6.07, 6.45) is 9.35. The van der Waals surface area contributed by atoms with Crippen molar-refractivity contribution in [2.45, 2.75) is 64.3 Å². The molecule has 1 rings (SSSR count). The van der Waals surface area contributed by atoms with E-state index in [1.165, 1.54) is 32.1 Å². The Labute approximate surface area is 98.8 Å². The predicted octanol–water partition coefficient (Wildman–Crippen LogP) is 2.90. The normalized spacial score (nSPS) is 22.2. The Morgan fingerprint density at radius 1 is 1.25 bits per heavy atom. The molecule has 0 amide bonds. The number of aliphatic carboxylic acids is 1. The second-order valence-corrected chi connectivity index (χ2v) is 4.80. The molecule has 1 N–H and O–H groups in total. The van der Waals surface area contributed by atoms with E-state index in [-0.39, 0.29) is 6.04 Å². The van der Waals surface area contributed by atoms with Crippen molar-refractivity contribution in [1.82, 2.24) is 4.90 Å². The highest BCUT2D eigenvalue weighted by Gasteiger charge is 2.27. The average molecular weight is 227 g/mol. The van der Waals surface area contributed by atoms with Gasteiger partial charge in [-0.15, -0.1) is 0 Å². The van der Waals surface area contributed by atoms with Crippen LogP contribution in [-0.4, -0.2) is 35.1 Å². The van der Waals surface area contributed by atoms with Crippen LogP contribution in [0.1, 0.15) is 58.3 Å². The van der Waals surface area contributed by atoms with Crippen LogP contribution in [-0.2, 0) is 4.79 Å². The average Bonchev–Trinajstić information content (AvgIpc) is 2.29. The highest BCUT2D eigenvalue weighted by molar-refractivity contribution is 5.73. The molecule has 0 saturated carbocycles. The standard InChI is InChI=1S/C13H25NO2/c1-2-3-4-5-7-10-14-11-8-6-9-12(14)13(15)16/h12H,2-11H2,1H3,(H,15,16)/t12-/m1/s1. The first-order valence-electron chi connectivity index (χ1n) is 6.72. The summed E-state index contributed by atoms with van der Waals surface area (Å²) in [7, 11) is 0. The van der Waals surface area contributed by atoms with Crippen LogP contribution in [0.5, 0.6) is 0 Å². The number of hydrogen-bond acceptors (Lipinski definition) is 2. The molecule has 3 nitrogen and oxygen atoms in total. The maximum atomic E-state index is 11.1. The molecule has 16 heavy (non-hydrogen) atoms. The van der Waals surface area contributed by atoms with Crippen LogP contribution in [0.25, 0.3) is 0 Å². The minimum atomic E-state index is -0.631. The van der Waals surface area contributed by atoms with Gasteiger partial charge in [0.2, 0.25) is 0 Å². The Kier molecular flexibility index (Phi) is 6.46. The Morgan fingerprint density at radius 2 is 2.00 bits per heavy atom. The van der Waals surface area contributed by atoms with Crippen molar-refractivity contribution in [3.63, 3.8) is 0 Å². The summed E-state index contributed by atoms with van der Waals surface area (Å²) in [4.78, 5) is 13.2. The van der Waals surface area contributed by atoms with Gasteiger partial charge < -0.3 is 5.11 Å². The first kappa shape index (κ1) is 13.5. The SMILES string of the molecule is CCCCCCCN1CCCC[C@@H]1C(=O)O. The Morgan fingerprint density at radius 3 is 2.69 bits per heavy atom. The summed E-state index contributed by atoms with van der Waals surface area (Å²) in [5.74, 6) is -0.631. The van der Waals surface area contributed by atoms with Crippen LogP contribution in [0.2, 0.25) is 0 Å². The van der Waals surface area contributed by atoms with Crippen LogP contribution in [0.4, 0.5) is 0 Å². The summed E-state index contributed by atoms with van der Waals surface area (Å²) in [6.45, 7) is 4.16. The van der Waals surface area contributed by atoms with E-state index in [0.717, 1.165) is 32.4 Å². The van der Waals surface area contributed by atoms with Crippen molar-refractivity contribution in [1.29, 1.82) is 0 Å². The molecule has 1 fully saturated rings. The van der Waals surface area contributed by atoms with E-state index >= 15 is 0 Å². The summed E-state index contributed by atoms with van der Waals surface area (Å²) < 4.78 is 0. The van der Waals surface area contributed by atoms with Crippen molar-refractivity contribution in [3.05, 3.63) is 0 Å².